The monoisotopic (exact) mass is 396 g/mol. The first kappa shape index (κ1) is 18.7. The minimum atomic E-state index is -0.714. The van der Waals surface area contributed by atoms with E-state index in [0.29, 0.717) is 39.6 Å². The highest BCUT2D eigenvalue weighted by molar-refractivity contribution is 6.04. The first-order valence-corrected chi connectivity index (χ1v) is 9.13. The average Bonchev–Trinajstić information content (AvgIpc) is 3.21. The summed E-state index contributed by atoms with van der Waals surface area (Å²) in [4.78, 5) is 25.3. The van der Waals surface area contributed by atoms with E-state index in [4.69, 9.17) is 18.9 Å². The van der Waals surface area contributed by atoms with Gasteiger partial charge in [0.2, 0.25) is 6.79 Å². The first-order chi connectivity index (χ1) is 14.1. The minimum Gasteiger partial charge on any atom is -0.497 e. The molecule has 150 valence electrons. The maximum absolute atomic E-state index is 12.9. The van der Waals surface area contributed by atoms with E-state index >= 15 is 0 Å². The summed E-state index contributed by atoms with van der Waals surface area (Å²) < 4.78 is 21.3. The van der Waals surface area contributed by atoms with Crippen LogP contribution in [0.4, 0.5) is 4.79 Å². The van der Waals surface area contributed by atoms with Crippen LogP contribution >= 0.6 is 0 Å². The Bertz CT molecular complexity index is 983. The molecule has 0 saturated carbocycles. The molecule has 0 unspecified atom stereocenters. The van der Waals surface area contributed by atoms with Gasteiger partial charge in [0.15, 0.2) is 11.5 Å². The summed E-state index contributed by atoms with van der Waals surface area (Å²) in [5.74, 6) is 1.32. The summed E-state index contributed by atoms with van der Waals surface area (Å²) in [5.41, 5.74) is 2.03. The van der Waals surface area contributed by atoms with Gasteiger partial charge in [-0.05, 0) is 54.4 Å². The molecule has 1 atom stereocenters. The third kappa shape index (κ3) is 3.56. The van der Waals surface area contributed by atoms with Crippen molar-refractivity contribution in [1.82, 2.24) is 10.6 Å². The quantitative estimate of drug-likeness (QED) is 0.755. The lowest BCUT2D eigenvalue weighted by Crippen LogP contribution is -2.45. The summed E-state index contributed by atoms with van der Waals surface area (Å²) in [6.45, 7) is 2.07. The van der Waals surface area contributed by atoms with Crippen molar-refractivity contribution < 1.29 is 28.5 Å². The molecule has 8 heteroatoms. The van der Waals surface area contributed by atoms with Crippen LogP contribution < -0.4 is 24.8 Å². The van der Waals surface area contributed by atoms with Crippen LogP contribution in [0.2, 0.25) is 0 Å². The molecule has 4 rings (SSSR count). The molecule has 0 aliphatic carbocycles. The number of rotatable bonds is 5. The Labute approximate surface area is 167 Å². The van der Waals surface area contributed by atoms with E-state index < -0.39 is 18.0 Å². The predicted molar refractivity (Wildman–Crippen MR) is 104 cm³/mol. The molecule has 0 radical (unpaired) electrons. The summed E-state index contributed by atoms with van der Waals surface area (Å²) >= 11 is 0. The number of amides is 2. The zero-order valence-electron chi connectivity index (χ0n) is 16.0. The highest BCUT2D eigenvalue weighted by atomic mass is 16.7. The minimum absolute atomic E-state index is 0.134. The van der Waals surface area contributed by atoms with Crippen LogP contribution in [0.3, 0.4) is 0 Å². The zero-order valence-corrected chi connectivity index (χ0v) is 16.0. The number of hydrogen-bond acceptors (Lipinski definition) is 6. The smallest absolute Gasteiger partial charge is 0.338 e. The number of ether oxygens (including phenoxy) is 4. The first-order valence-electron chi connectivity index (χ1n) is 9.13. The second-order valence-electron chi connectivity index (χ2n) is 6.38. The van der Waals surface area contributed by atoms with E-state index in [1.807, 2.05) is 0 Å². The maximum atomic E-state index is 12.9. The summed E-state index contributed by atoms with van der Waals surface area (Å²) in [5, 5.41) is 5.55. The molecular formula is C21H20N2O6. The largest absolute Gasteiger partial charge is 0.497 e. The van der Waals surface area contributed by atoms with Crippen molar-refractivity contribution in [3.8, 4) is 17.2 Å². The van der Waals surface area contributed by atoms with Crippen molar-refractivity contribution in [3.63, 3.8) is 0 Å². The Hall–Kier alpha value is -3.68. The summed E-state index contributed by atoms with van der Waals surface area (Å²) in [7, 11) is 1.57. The molecule has 0 bridgehead atoms. The topological polar surface area (TPSA) is 95.1 Å². The highest BCUT2D eigenvalue weighted by Gasteiger charge is 2.35. The van der Waals surface area contributed by atoms with Gasteiger partial charge in [-0.25, -0.2) is 9.59 Å². The Kier molecular flexibility index (Phi) is 4.99. The van der Waals surface area contributed by atoms with Crippen molar-refractivity contribution in [2.45, 2.75) is 13.0 Å². The van der Waals surface area contributed by atoms with Gasteiger partial charge in [0, 0.05) is 0 Å². The van der Waals surface area contributed by atoms with Crippen LogP contribution in [0.5, 0.6) is 17.2 Å². The van der Waals surface area contributed by atoms with Crippen LogP contribution in [0.1, 0.15) is 24.1 Å². The molecular weight excluding hydrogens is 376 g/mol. The molecule has 8 nitrogen and oxygen atoms in total. The number of fused-ring (bicyclic) bond motifs is 1. The van der Waals surface area contributed by atoms with Crippen molar-refractivity contribution in [1.29, 1.82) is 0 Å². The predicted octanol–water partition coefficient (Wildman–Crippen LogP) is 2.75. The van der Waals surface area contributed by atoms with E-state index in [1.165, 1.54) is 0 Å². The molecule has 2 N–H and O–H groups in total. The molecule has 2 heterocycles. The van der Waals surface area contributed by atoms with E-state index in [-0.39, 0.29) is 13.4 Å². The Morgan fingerprint density at radius 1 is 1.14 bits per heavy atom. The van der Waals surface area contributed by atoms with E-state index in [1.54, 1.807) is 56.5 Å². The number of urea groups is 1. The standard InChI is InChI=1S/C21H20N2O6/c1-3-27-20(24)17-18(12-4-7-14(26-2)8-5-12)22-21(25)23-19(17)13-6-9-15-16(10-13)29-11-28-15/h4-10,19H,3,11H2,1-2H3,(H2,22,23,25)/t19-/m0/s1. The van der Waals surface area contributed by atoms with Crippen LogP contribution in [-0.4, -0.2) is 32.5 Å². The van der Waals surface area contributed by atoms with Gasteiger partial charge >= 0.3 is 12.0 Å². The van der Waals surface area contributed by atoms with Gasteiger partial charge in [-0.2, -0.15) is 0 Å². The molecule has 2 aromatic carbocycles. The van der Waals surface area contributed by atoms with Crippen LogP contribution in [0.15, 0.2) is 48.0 Å². The van der Waals surface area contributed by atoms with Crippen LogP contribution in [-0.2, 0) is 9.53 Å². The van der Waals surface area contributed by atoms with Crippen molar-refractivity contribution in [2.75, 3.05) is 20.5 Å². The molecule has 0 saturated heterocycles. The van der Waals surface area contributed by atoms with Gasteiger partial charge in [-0.1, -0.05) is 6.07 Å². The summed E-state index contributed by atoms with van der Waals surface area (Å²) in [6.07, 6.45) is 0. The third-order valence-electron chi connectivity index (χ3n) is 4.68. The third-order valence-corrected chi connectivity index (χ3v) is 4.68. The lowest BCUT2D eigenvalue weighted by molar-refractivity contribution is -0.138. The fourth-order valence-electron chi connectivity index (χ4n) is 3.32. The Morgan fingerprint density at radius 2 is 1.90 bits per heavy atom. The fourth-order valence-corrected chi connectivity index (χ4v) is 3.32. The van der Waals surface area contributed by atoms with Crippen molar-refractivity contribution >= 4 is 17.7 Å². The molecule has 2 aliphatic rings. The number of carbonyl (C=O) groups excluding carboxylic acids is 2. The van der Waals surface area contributed by atoms with Crippen LogP contribution in [0.25, 0.3) is 5.70 Å². The number of esters is 1. The lowest BCUT2D eigenvalue weighted by atomic mass is 9.92. The van der Waals surface area contributed by atoms with Gasteiger partial charge in [0.1, 0.15) is 5.75 Å². The van der Waals surface area contributed by atoms with E-state index in [9.17, 15) is 9.59 Å². The van der Waals surface area contributed by atoms with Gasteiger partial charge in [0.05, 0.1) is 31.0 Å². The molecule has 2 aliphatic heterocycles. The summed E-state index contributed by atoms with van der Waals surface area (Å²) in [6, 6.07) is 11.2. The fraction of sp³-hybridized carbons (Fsp3) is 0.238. The zero-order chi connectivity index (χ0) is 20.4. The van der Waals surface area contributed by atoms with Gasteiger partial charge in [-0.3, -0.25) is 0 Å². The van der Waals surface area contributed by atoms with E-state index in [2.05, 4.69) is 10.6 Å². The van der Waals surface area contributed by atoms with E-state index in [0.717, 1.165) is 0 Å². The normalized spacial score (nSPS) is 17.4. The average molecular weight is 396 g/mol. The molecule has 2 amide bonds. The molecule has 0 aromatic heterocycles. The number of methoxy groups -OCH3 is 1. The van der Waals surface area contributed by atoms with Crippen molar-refractivity contribution in [2.24, 2.45) is 0 Å². The molecule has 0 spiro atoms. The van der Waals surface area contributed by atoms with Gasteiger partial charge in [-0.15, -0.1) is 0 Å². The molecule has 0 fully saturated rings. The molecule has 29 heavy (non-hydrogen) atoms. The number of carbonyl (C=O) groups is 2. The lowest BCUT2D eigenvalue weighted by Gasteiger charge is -2.29. The second-order valence-corrected chi connectivity index (χ2v) is 6.38. The van der Waals surface area contributed by atoms with Crippen molar-refractivity contribution in [3.05, 3.63) is 59.2 Å². The van der Waals surface area contributed by atoms with Gasteiger partial charge in [0.25, 0.3) is 0 Å². The number of nitrogens with one attached hydrogen (secondary N) is 2. The SMILES string of the molecule is CCOC(=O)C1=C(c2ccc(OC)cc2)NC(=O)N[C@H]1c1ccc2c(c1)OCO2. The van der Waals surface area contributed by atoms with Crippen LogP contribution in [0, 0.1) is 0 Å². The Morgan fingerprint density at radius 3 is 2.62 bits per heavy atom. The number of hydrogen-bond donors (Lipinski definition) is 2. The second kappa shape index (κ2) is 7.75. The Balaban J connectivity index is 1.83. The number of benzene rings is 2. The maximum Gasteiger partial charge on any atom is 0.338 e. The molecule has 2 aromatic rings. The van der Waals surface area contributed by atoms with Gasteiger partial charge < -0.3 is 29.6 Å². The highest BCUT2D eigenvalue weighted by Crippen LogP contribution is 2.38.